The van der Waals surface area contributed by atoms with Crippen LogP contribution in [0.15, 0.2) is 6.20 Å². The Morgan fingerprint density at radius 2 is 2.31 bits per heavy atom. The van der Waals surface area contributed by atoms with E-state index in [2.05, 4.69) is 14.5 Å². The van der Waals surface area contributed by atoms with Crippen LogP contribution < -0.4 is 0 Å². The monoisotopic (exact) mass is 238 g/mol. The van der Waals surface area contributed by atoms with Crippen LogP contribution in [0, 0.1) is 6.92 Å². The van der Waals surface area contributed by atoms with Gasteiger partial charge in [0.2, 0.25) is 0 Å². The van der Waals surface area contributed by atoms with Gasteiger partial charge in [-0.15, -0.1) is 0 Å². The third-order valence-electron chi connectivity index (χ3n) is 2.08. The summed E-state index contributed by atoms with van der Waals surface area (Å²) in [6.45, 7) is 1.80. The topological polar surface area (TPSA) is 69.9 Å². The molecule has 0 aliphatic rings. The van der Waals surface area contributed by atoms with Crippen LogP contribution >= 0.6 is 11.5 Å². The van der Waals surface area contributed by atoms with Crippen LogP contribution in [-0.2, 0) is 11.8 Å². The molecule has 0 saturated carbocycles. The van der Waals surface area contributed by atoms with Crippen molar-refractivity contribution in [3.8, 4) is 10.6 Å². The molecule has 2 aromatic heterocycles. The highest BCUT2D eigenvalue weighted by molar-refractivity contribution is 7.09. The van der Waals surface area contributed by atoms with Crippen molar-refractivity contribution in [2.75, 3.05) is 7.11 Å². The number of esters is 1. The molecule has 7 heteroatoms. The average molecular weight is 238 g/mol. The fourth-order valence-electron chi connectivity index (χ4n) is 1.34. The molecule has 0 amide bonds. The molecule has 2 rings (SSSR count). The lowest BCUT2D eigenvalue weighted by Crippen LogP contribution is -2.09. The Labute approximate surface area is 96.1 Å². The van der Waals surface area contributed by atoms with Crippen LogP contribution in [0.25, 0.3) is 10.6 Å². The molecule has 0 fully saturated rings. The van der Waals surface area contributed by atoms with Crippen molar-refractivity contribution >= 4 is 17.5 Å². The number of nitrogens with zero attached hydrogens (tertiary/aromatic N) is 4. The quantitative estimate of drug-likeness (QED) is 0.731. The fraction of sp³-hybridized carbons (Fsp3) is 0.333. The fourth-order valence-corrected chi connectivity index (χ4v) is 2.02. The van der Waals surface area contributed by atoms with Gasteiger partial charge in [0.1, 0.15) is 10.8 Å². The zero-order chi connectivity index (χ0) is 11.7. The summed E-state index contributed by atoms with van der Waals surface area (Å²) in [6, 6.07) is 0. The smallest absolute Gasteiger partial charge is 0.357 e. The molecule has 0 aliphatic carbocycles. The van der Waals surface area contributed by atoms with E-state index < -0.39 is 5.97 Å². The molecule has 16 heavy (non-hydrogen) atoms. The van der Waals surface area contributed by atoms with Crippen molar-refractivity contribution in [2.24, 2.45) is 7.05 Å². The van der Waals surface area contributed by atoms with Crippen LogP contribution in [0.4, 0.5) is 0 Å². The highest BCUT2D eigenvalue weighted by atomic mass is 32.1. The second-order valence-corrected chi connectivity index (χ2v) is 3.92. The molecule has 0 aliphatic heterocycles. The SMILES string of the molecule is COC(=O)c1c(-c2nc(C)ns2)cnn1C. The maximum Gasteiger partial charge on any atom is 0.357 e. The summed E-state index contributed by atoms with van der Waals surface area (Å²) in [7, 11) is 3.02. The number of ether oxygens (including phenoxy) is 1. The van der Waals surface area contributed by atoms with Crippen molar-refractivity contribution in [1.82, 2.24) is 19.1 Å². The van der Waals surface area contributed by atoms with Crippen molar-refractivity contribution < 1.29 is 9.53 Å². The van der Waals surface area contributed by atoms with E-state index in [9.17, 15) is 4.79 Å². The van der Waals surface area contributed by atoms with Gasteiger partial charge >= 0.3 is 5.97 Å². The van der Waals surface area contributed by atoms with Gasteiger partial charge in [0.25, 0.3) is 0 Å². The minimum atomic E-state index is -0.428. The summed E-state index contributed by atoms with van der Waals surface area (Å²) in [5.74, 6) is 0.252. The van der Waals surface area contributed by atoms with E-state index in [4.69, 9.17) is 4.74 Å². The highest BCUT2D eigenvalue weighted by Gasteiger charge is 2.20. The first kappa shape index (κ1) is 10.7. The summed E-state index contributed by atoms with van der Waals surface area (Å²) >= 11 is 1.24. The number of methoxy groups -OCH3 is 1. The molecule has 0 saturated heterocycles. The molecule has 0 N–H and O–H groups in total. The number of aryl methyl sites for hydroxylation is 2. The first-order valence-corrected chi connectivity index (χ1v) is 5.32. The normalized spacial score (nSPS) is 10.4. The summed E-state index contributed by atoms with van der Waals surface area (Å²) in [4.78, 5) is 15.8. The summed E-state index contributed by atoms with van der Waals surface area (Å²) in [6.07, 6.45) is 1.59. The molecule has 2 aromatic rings. The Morgan fingerprint density at radius 1 is 1.56 bits per heavy atom. The first-order chi connectivity index (χ1) is 7.63. The van der Waals surface area contributed by atoms with Gasteiger partial charge in [-0.3, -0.25) is 4.68 Å². The van der Waals surface area contributed by atoms with Gasteiger partial charge in [0.05, 0.1) is 18.9 Å². The number of hydrogen-bond donors (Lipinski definition) is 0. The molecule has 0 radical (unpaired) electrons. The zero-order valence-corrected chi connectivity index (χ0v) is 9.91. The van der Waals surface area contributed by atoms with Crippen molar-refractivity contribution in [3.05, 3.63) is 17.7 Å². The number of hydrogen-bond acceptors (Lipinski definition) is 6. The summed E-state index contributed by atoms with van der Waals surface area (Å²) < 4.78 is 10.2. The molecular weight excluding hydrogens is 228 g/mol. The molecular formula is C9H10N4O2S. The van der Waals surface area contributed by atoms with E-state index in [0.29, 0.717) is 22.1 Å². The van der Waals surface area contributed by atoms with Crippen LogP contribution in [0.2, 0.25) is 0 Å². The van der Waals surface area contributed by atoms with Crippen molar-refractivity contribution in [3.63, 3.8) is 0 Å². The van der Waals surface area contributed by atoms with Crippen LogP contribution in [0.3, 0.4) is 0 Å². The Morgan fingerprint density at radius 3 is 2.88 bits per heavy atom. The van der Waals surface area contributed by atoms with Gasteiger partial charge in [-0.05, 0) is 18.5 Å². The maximum absolute atomic E-state index is 11.6. The number of carbonyl (C=O) groups excluding carboxylic acids is 1. The lowest BCUT2D eigenvalue weighted by molar-refractivity contribution is 0.0589. The molecule has 84 valence electrons. The maximum atomic E-state index is 11.6. The van der Waals surface area contributed by atoms with Gasteiger partial charge in [-0.1, -0.05) is 0 Å². The van der Waals surface area contributed by atoms with E-state index in [-0.39, 0.29) is 0 Å². The van der Waals surface area contributed by atoms with Crippen molar-refractivity contribution in [1.29, 1.82) is 0 Å². The van der Waals surface area contributed by atoms with Gasteiger partial charge in [0.15, 0.2) is 5.69 Å². The predicted octanol–water partition coefficient (Wildman–Crippen LogP) is 1.03. The average Bonchev–Trinajstić information content (AvgIpc) is 2.83. The molecule has 2 heterocycles. The molecule has 6 nitrogen and oxygen atoms in total. The van der Waals surface area contributed by atoms with Gasteiger partial charge in [0, 0.05) is 7.05 Å². The van der Waals surface area contributed by atoms with Crippen molar-refractivity contribution in [2.45, 2.75) is 6.92 Å². The molecule has 0 spiro atoms. The molecule has 0 bridgehead atoms. The van der Waals surface area contributed by atoms with Crippen LogP contribution in [0.5, 0.6) is 0 Å². The summed E-state index contributed by atoms with van der Waals surface area (Å²) in [5, 5.41) is 4.70. The van der Waals surface area contributed by atoms with Crippen LogP contribution in [0.1, 0.15) is 16.3 Å². The van der Waals surface area contributed by atoms with E-state index >= 15 is 0 Å². The molecule has 0 atom stereocenters. The Hall–Kier alpha value is -1.76. The third kappa shape index (κ3) is 1.69. The lowest BCUT2D eigenvalue weighted by Gasteiger charge is -2.00. The van der Waals surface area contributed by atoms with Gasteiger partial charge in [-0.2, -0.15) is 9.47 Å². The van der Waals surface area contributed by atoms with E-state index in [1.54, 1.807) is 20.2 Å². The summed E-state index contributed by atoms with van der Waals surface area (Å²) in [5.41, 5.74) is 1.04. The standard InChI is InChI=1S/C9H10N4O2S/c1-5-11-8(16-12-5)6-4-10-13(2)7(6)9(14)15-3/h4H,1-3H3. The second-order valence-electron chi connectivity index (χ2n) is 3.17. The minimum Gasteiger partial charge on any atom is -0.464 e. The Balaban J connectivity index is 2.53. The highest BCUT2D eigenvalue weighted by Crippen LogP contribution is 2.25. The predicted molar refractivity (Wildman–Crippen MR) is 58.2 cm³/mol. The van der Waals surface area contributed by atoms with E-state index in [1.165, 1.54) is 23.3 Å². The third-order valence-corrected chi connectivity index (χ3v) is 2.92. The minimum absolute atomic E-state index is 0.388. The number of aromatic nitrogens is 4. The lowest BCUT2D eigenvalue weighted by atomic mass is 10.2. The largest absolute Gasteiger partial charge is 0.464 e. The van der Waals surface area contributed by atoms with E-state index in [0.717, 1.165) is 0 Å². The molecule has 0 unspecified atom stereocenters. The Kier molecular flexibility index (Phi) is 2.69. The Bertz CT molecular complexity index is 531. The van der Waals surface area contributed by atoms with E-state index in [1.807, 2.05) is 0 Å². The van der Waals surface area contributed by atoms with Gasteiger partial charge < -0.3 is 4.74 Å². The zero-order valence-electron chi connectivity index (χ0n) is 9.09. The van der Waals surface area contributed by atoms with Crippen LogP contribution in [-0.4, -0.2) is 32.2 Å². The number of rotatable bonds is 2. The molecule has 0 aromatic carbocycles. The second kappa shape index (κ2) is 4.01. The van der Waals surface area contributed by atoms with Gasteiger partial charge in [-0.25, -0.2) is 9.78 Å². The number of carbonyl (C=O) groups is 1. The first-order valence-electron chi connectivity index (χ1n) is 4.54.